The fraction of sp³-hybridized carbons (Fsp3) is 0.364. The molecular weight excluding hydrogens is 206 g/mol. The quantitative estimate of drug-likeness (QED) is 0.832. The van der Waals surface area contributed by atoms with Gasteiger partial charge in [-0.05, 0) is 0 Å². The van der Waals surface area contributed by atoms with Crippen molar-refractivity contribution < 1.29 is 9.47 Å². The molecule has 2 N–H and O–H groups in total. The molecule has 0 saturated heterocycles. The first kappa shape index (κ1) is 10.6. The fourth-order valence-electron chi connectivity index (χ4n) is 1.60. The molecule has 0 atom stereocenters. The Bertz CT molecular complexity index is 395. The SMILES string of the molecule is COc1cc(OC)cc(N2CCC(N)=N2)c1. The van der Waals surface area contributed by atoms with E-state index >= 15 is 0 Å². The van der Waals surface area contributed by atoms with E-state index < -0.39 is 0 Å². The van der Waals surface area contributed by atoms with Crippen molar-refractivity contribution in [2.24, 2.45) is 10.8 Å². The molecule has 1 heterocycles. The van der Waals surface area contributed by atoms with Gasteiger partial charge in [-0.2, -0.15) is 5.10 Å². The van der Waals surface area contributed by atoms with Gasteiger partial charge in [0.15, 0.2) is 0 Å². The number of benzene rings is 1. The summed E-state index contributed by atoms with van der Waals surface area (Å²) in [6.07, 6.45) is 0.791. The molecule has 0 spiro atoms. The van der Waals surface area contributed by atoms with Crippen molar-refractivity contribution in [1.82, 2.24) is 0 Å². The Morgan fingerprint density at radius 1 is 1.19 bits per heavy atom. The number of ether oxygens (including phenoxy) is 2. The lowest BCUT2D eigenvalue weighted by molar-refractivity contribution is 0.394. The molecule has 0 radical (unpaired) electrons. The van der Waals surface area contributed by atoms with E-state index in [0.29, 0.717) is 5.84 Å². The highest BCUT2D eigenvalue weighted by molar-refractivity contribution is 5.84. The van der Waals surface area contributed by atoms with Gasteiger partial charge in [0, 0.05) is 31.2 Å². The Kier molecular flexibility index (Phi) is 2.85. The Balaban J connectivity index is 2.33. The second-order valence-corrected chi connectivity index (χ2v) is 3.54. The summed E-state index contributed by atoms with van der Waals surface area (Å²) in [5.41, 5.74) is 6.58. The van der Waals surface area contributed by atoms with Gasteiger partial charge in [0.2, 0.25) is 0 Å². The summed E-state index contributed by atoms with van der Waals surface area (Å²) in [7, 11) is 3.25. The lowest BCUT2D eigenvalue weighted by Crippen LogP contribution is -2.11. The Labute approximate surface area is 94.4 Å². The van der Waals surface area contributed by atoms with Crippen LogP contribution < -0.4 is 20.2 Å². The summed E-state index contributed by atoms with van der Waals surface area (Å²) in [4.78, 5) is 0. The molecular formula is C11H15N3O2. The second-order valence-electron chi connectivity index (χ2n) is 3.54. The maximum Gasteiger partial charge on any atom is 0.124 e. The molecule has 0 aromatic heterocycles. The van der Waals surface area contributed by atoms with E-state index in [2.05, 4.69) is 5.10 Å². The van der Waals surface area contributed by atoms with E-state index in [1.165, 1.54) is 0 Å². The molecule has 0 unspecified atom stereocenters. The predicted molar refractivity (Wildman–Crippen MR) is 63.1 cm³/mol. The van der Waals surface area contributed by atoms with Crippen LogP contribution >= 0.6 is 0 Å². The third-order valence-electron chi connectivity index (χ3n) is 2.46. The lowest BCUT2D eigenvalue weighted by atomic mass is 10.2. The van der Waals surface area contributed by atoms with Crippen molar-refractivity contribution >= 4 is 11.5 Å². The average molecular weight is 221 g/mol. The van der Waals surface area contributed by atoms with Crippen LogP contribution in [0.1, 0.15) is 6.42 Å². The van der Waals surface area contributed by atoms with Crippen LogP contribution in [-0.2, 0) is 0 Å². The highest BCUT2D eigenvalue weighted by atomic mass is 16.5. The first-order chi connectivity index (χ1) is 7.72. The summed E-state index contributed by atoms with van der Waals surface area (Å²) in [6, 6.07) is 5.64. The van der Waals surface area contributed by atoms with E-state index in [1.807, 2.05) is 23.2 Å². The smallest absolute Gasteiger partial charge is 0.124 e. The predicted octanol–water partition coefficient (Wildman–Crippen LogP) is 1.19. The molecule has 1 aliphatic heterocycles. The van der Waals surface area contributed by atoms with Gasteiger partial charge in [0.1, 0.15) is 17.3 Å². The fourth-order valence-corrected chi connectivity index (χ4v) is 1.60. The minimum absolute atomic E-state index is 0.654. The number of nitrogens with two attached hydrogens (primary N) is 1. The first-order valence-corrected chi connectivity index (χ1v) is 5.06. The topological polar surface area (TPSA) is 60.1 Å². The van der Waals surface area contributed by atoms with Gasteiger partial charge in [-0.25, -0.2) is 0 Å². The minimum Gasteiger partial charge on any atom is -0.497 e. The van der Waals surface area contributed by atoms with E-state index in [-0.39, 0.29) is 0 Å². The summed E-state index contributed by atoms with van der Waals surface area (Å²) in [5, 5.41) is 6.07. The number of amidine groups is 1. The minimum atomic E-state index is 0.654. The molecule has 5 nitrogen and oxygen atoms in total. The van der Waals surface area contributed by atoms with Crippen molar-refractivity contribution in [1.29, 1.82) is 0 Å². The van der Waals surface area contributed by atoms with Crippen LogP contribution in [0.15, 0.2) is 23.3 Å². The molecule has 1 aliphatic rings. The third-order valence-corrected chi connectivity index (χ3v) is 2.46. The molecule has 1 aromatic rings. The number of rotatable bonds is 3. The monoisotopic (exact) mass is 221 g/mol. The molecule has 0 fully saturated rings. The van der Waals surface area contributed by atoms with Crippen LogP contribution in [0, 0.1) is 0 Å². The zero-order valence-corrected chi connectivity index (χ0v) is 9.43. The van der Waals surface area contributed by atoms with Gasteiger partial charge >= 0.3 is 0 Å². The first-order valence-electron chi connectivity index (χ1n) is 5.06. The van der Waals surface area contributed by atoms with Crippen LogP contribution in [-0.4, -0.2) is 26.6 Å². The van der Waals surface area contributed by atoms with Gasteiger partial charge in [0.25, 0.3) is 0 Å². The van der Waals surface area contributed by atoms with Crippen molar-refractivity contribution in [3.05, 3.63) is 18.2 Å². The highest BCUT2D eigenvalue weighted by Crippen LogP contribution is 2.29. The normalized spacial score (nSPS) is 14.9. The number of hydrazone groups is 1. The summed E-state index contributed by atoms with van der Waals surface area (Å²) >= 11 is 0. The van der Waals surface area contributed by atoms with Gasteiger partial charge in [-0.15, -0.1) is 0 Å². The number of nitrogens with zero attached hydrogens (tertiary/aromatic N) is 2. The maximum absolute atomic E-state index is 5.65. The van der Waals surface area contributed by atoms with Crippen LogP contribution in [0.25, 0.3) is 0 Å². The van der Waals surface area contributed by atoms with Gasteiger partial charge < -0.3 is 15.2 Å². The van der Waals surface area contributed by atoms with Crippen LogP contribution in [0.5, 0.6) is 11.5 Å². The number of hydrogen-bond donors (Lipinski definition) is 1. The van der Waals surface area contributed by atoms with Crippen LogP contribution in [0.2, 0.25) is 0 Å². The molecule has 0 aliphatic carbocycles. The Morgan fingerprint density at radius 3 is 2.25 bits per heavy atom. The van der Waals surface area contributed by atoms with E-state index in [4.69, 9.17) is 15.2 Å². The summed E-state index contributed by atoms with van der Waals surface area (Å²) in [6.45, 7) is 0.794. The van der Waals surface area contributed by atoms with Crippen LogP contribution in [0.3, 0.4) is 0 Å². The van der Waals surface area contributed by atoms with Crippen molar-refractivity contribution in [3.63, 3.8) is 0 Å². The largest absolute Gasteiger partial charge is 0.497 e. The Morgan fingerprint density at radius 2 is 1.81 bits per heavy atom. The molecule has 5 heteroatoms. The molecule has 2 rings (SSSR count). The lowest BCUT2D eigenvalue weighted by Gasteiger charge is -2.15. The van der Waals surface area contributed by atoms with Gasteiger partial charge in [0.05, 0.1) is 19.9 Å². The van der Waals surface area contributed by atoms with Crippen molar-refractivity contribution in [3.8, 4) is 11.5 Å². The van der Waals surface area contributed by atoms with Gasteiger partial charge in [-0.3, -0.25) is 5.01 Å². The van der Waals surface area contributed by atoms with Crippen molar-refractivity contribution in [2.45, 2.75) is 6.42 Å². The average Bonchev–Trinajstić information content (AvgIpc) is 2.75. The van der Waals surface area contributed by atoms with Crippen molar-refractivity contribution in [2.75, 3.05) is 25.8 Å². The second kappa shape index (κ2) is 4.30. The zero-order valence-electron chi connectivity index (χ0n) is 9.43. The maximum atomic E-state index is 5.65. The standard InChI is InChI=1S/C11H15N3O2/c1-15-9-5-8(6-10(7-9)16-2)14-4-3-11(12)13-14/h5-7H,3-4H2,1-2H3,(H2,12,13). The van der Waals surface area contributed by atoms with E-state index in [9.17, 15) is 0 Å². The molecule has 0 bridgehead atoms. The van der Waals surface area contributed by atoms with Crippen LogP contribution in [0.4, 0.5) is 5.69 Å². The third kappa shape index (κ3) is 2.03. The molecule has 1 aromatic carbocycles. The summed E-state index contributed by atoms with van der Waals surface area (Å²) in [5.74, 6) is 2.15. The zero-order chi connectivity index (χ0) is 11.5. The molecule has 0 saturated carbocycles. The van der Waals surface area contributed by atoms with E-state index in [0.717, 1.165) is 30.2 Å². The highest BCUT2D eigenvalue weighted by Gasteiger charge is 2.15. The molecule has 0 amide bonds. The molecule has 16 heavy (non-hydrogen) atoms. The number of methoxy groups -OCH3 is 2. The summed E-state index contributed by atoms with van der Waals surface area (Å²) < 4.78 is 10.4. The Hall–Kier alpha value is -1.91. The van der Waals surface area contributed by atoms with E-state index in [1.54, 1.807) is 14.2 Å². The number of hydrogen-bond acceptors (Lipinski definition) is 5. The molecule has 86 valence electrons. The number of anilines is 1. The van der Waals surface area contributed by atoms with Gasteiger partial charge in [-0.1, -0.05) is 0 Å².